The minimum Gasteiger partial charge on any atom is -0.479 e. The molecule has 188 valence electrons. The molecule has 0 saturated carbocycles. The topological polar surface area (TPSA) is 106 Å². The molecule has 0 aliphatic rings. The van der Waals surface area contributed by atoms with Crippen molar-refractivity contribution in [1.29, 1.82) is 0 Å². The van der Waals surface area contributed by atoms with Gasteiger partial charge in [0.1, 0.15) is 0 Å². The number of allylic oxidation sites excluding steroid dienone is 1. The summed E-state index contributed by atoms with van der Waals surface area (Å²) in [6, 6.07) is 1.63. The number of carbonyl (C=O) groups excluding carboxylic acids is 1. The maximum Gasteiger partial charge on any atom is 0.337 e. The first-order valence-electron chi connectivity index (χ1n) is 11.8. The normalized spacial score (nSPS) is 13.7. The number of fused-ring (bicyclic) bond motifs is 1. The van der Waals surface area contributed by atoms with E-state index in [4.69, 9.17) is 4.74 Å². The molecule has 0 fully saturated rings. The highest BCUT2D eigenvalue weighted by molar-refractivity contribution is 5.93. The summed E-state index contributed by atoms with van der Waals surface area (Å²) in [5, 5.41) is 17.4. The number of hydrogen-bond acceptors (Lipinski definition) is 5. The van der Waals surface area contributed by atoms with Gasteiger partial charge < -0.3 is 15.2 Å². The van der Waals surface area contributed by atoms with E-state index >= 15 is 0 Å². The van der Waals surface area contributed by atoms with Gasteiger partial charge in [-0.05, 0) is 57.9 Å². The second-order valence-corrected chi connectivity index (χ2v) is 11.3. The minimum absolute atomic E-state index is 0.104. The first-order chi connectivity index (χ1) is 15.6. The van der Waals surface area contributed by atoms with Crippen LogP contribution in [0.15, 0.2) is 12.1 Å². The molecule has 8 nitrogen and oxygen atoms in total. The SMILES string of the molecule is Cc1nc2cc(C(=O)NCCC(C)(C)C)nn2c(/C=C/CC(C)C)c1[C@H](OC(C)(C)C)C(=O)O. The number of rotatable bonds is 9. The van der Waals surface area contributed by atoms with Crippen molar-refractivity contribution in [2.45, 2.75) is 86.9 Å². The zero-order valence-electron chi connectivity index (χ0n) is 22.0. The van der Waals surface area contributed by atoms with Gasteiger partial charge in [-0.15, -0.1) is 0 Å². The third-order valence-electron chi connectivity index (χ3n) is 5.10. The predicted molar refractivity (Wildman–Crippen MR) is 134 cm³/mol. The summed E-state index contributed by atoms with van der Waals surface area (Å²) in [7, 11) is 0. The van der Waals surface area contributed by atoms with E-state index in [-0.39, 0.29) is 17.0 Å². The lowest BCUT2D eigenvalue weighted by atomic mass is 9.92. The van der Waals surface area contributed by atoms with Crippen molar-refractivity contribution in [2.75, 3.05) is 6.54 Å². The molecule has 0 spiro atoms. The van der Waals surface area contributed by atoms with E-state index in [9.17, 15) is 14.7 Å². The number of carbonyl (C=O) groups is 2. The molecule has 0 aromatic carbocycles. The second kappa shape index (κ2) is 10.7. The summed E-state index contributed by atoms with van der Waals surface area (Å²) in [6.45, 7) is 18.3. The Morgan fingerprint density at radius 1 is 1.21 bits per heavy atom. The van der Waals surface area contributed by atoms with Crippen molar-refractivity contribution in [3.63, 3.8) is 0 Å². The van der Waals surface area contributed by atoms with Gasteiger partial charge in [-0.1, -0.05) is 40.7 Å². The van der Waals surface area contributed by atoms with Crippen LogP contribution in [0.4, 0.5) is 0 Å². The molecule has 0 saturated heterocycles. The number of aliphatic carboxylic acids is 1. The second-order valence-electron chi connectivity index (χ2n) is 11.3. The molecule has 0 bridgehead atoms. The number of aryl methyl sites for hydroxylation is 1. The first kappa shape index (κ1) is 27.5. The van der Waals surface area contributed by atoms with Gasteiger partial charge in [0.15, 0.2) is 17.4 Å². The summed E-state index contributed by atoms with van der Waals surface area (Å²) < 4.78 is 7.47. The number of hydrogen-bond donors (Lipinski definition) is 2. The van der Waals surface area contributed by atoms with E-state index < -0.39 is 17.7 Å². The molecule has 2 aromatic rings. The number of carboxylic acids is 1. The lowest BCUT2D eigenvalue weighted by Crippen LogP contribution is -2.29. The van der Waals surface area contributed by atoms with Gasteiger partial charge in [0.2, 0.25) is 0 Å². The van der Waals surface area contributed by atoms with Crippen LogP contribution in [-0.4, -0.2) is 43.7 Å². The highest BCUT2D eigenvalue weighted by Gasteiger charge is 2.32. The fourth-order valence-corrected chi connectivity index (χ4v) is 3.43. The quantitative estimate of drug-likeness (QED) is 0.519. The Hall–Kier alpha value is -2.74. The highest BCUT2D eigenvalue weighted by atomic mass is 16.5. The average Bonchev–Trinajstić information content (AvgIpc) is 3.08. The Balaban J connectivity index is 2.60. The standard InChI is InChI=1S/C26H40N4O4/c1-16(2)11-10-12-19-21(22(24(32)33)34-26(7,8)9)17(3)28-20-15-18(29-30(19)20)23(31)27-14-13-25(4,5)6/h10,12,15-16,22H,11,13-14H2,1-9H3,(H,27,31)(H,32,33)/b12-10+/t22-/m0/s1. The van der Waals surface area contributed by atoms with Gasteiger partial charge in [-0.2, -0.15) is 5.10 Å². The average molecular weight is 473 g/mol. The summed E-state index contributed by atoms with van der Waals surface area (Å²) >= 11 is 0. The van der Waals surface area contributed by atoms with Gasteiger partial charge in [0, 0.05) is 23.9 Å². The van der Waals surface area contributed by atoms with Crippen molar-refractivity contribution >= 4 is 23.6 Å². The van der Waals surface area contributed by atoms with Crippen LogP contribution in [0.25, 0.3) is 11.7 Å². The molecular weight excluding hydrogens is 432 g/mol. The molecule has 0 radical (unpaired) electrons. The van der Waals surface area contributed by atoms with Crippen molar-refractivity contribution in [3.05, 3.63) is 34.8 Å². The van der Waals surface area contributed by atoms with Gasteiger partial charge in [0.05, 0.1) is 11.3 Å². The molecule has 0 unspecified atom stereocenters. The lowest BCUT2D eigenvalue weighted by molar-refractivity contribution is -0.160. The summed E-state index contributed by atoms with van der Waals surface area (Å²) in [4.78, 5) is 29.6. The molecule has 0 aliphatic heterocycles. The zero-order chi connectivity index (χ0) is 25.8. The predicted octanol–water partition coefficient (Wildman–Crippen LogP) is 5.20. The molecule has 2 aromatic heterocycles. The lowest BCUT2D eigenvalue weighted by Gasteiger charge is -2.27. The Bertz CT molecular complexity index is 1060. The van der Waals surface area contributed by atoms with Crippen LogP contribution in [0.2, 0.25) is 0 Å². The van der Waals surface area contributed by atoms with Crippen LogP contribution in [0, 0.1) is 18.3 Å². The van der Waals surface area contributed by atoms with Gasteiger partial charge in [0.25, 0.3) is 5.91 Å². The molecular formula is C26H40N4O4. The fourth-order valence-electron chi connectivity index (χ4n) is 3.43. The molecule has 1 atom stereocenters. The Labute approximate surface area is 202 Å². The number of nitrogens with zero attached hydrogens (tertiary/aromatic N) is 3. The molecule has 8 heteroatoms. The Morgan fingerprint density at radius 2 is 1.85 bits per heavy atom. The van der Waals surface area contributed by atoms with E-state index in [1.165, 1.54) is 0 Å². The number of aromatic nitrogens is 3. The Morgan fingerprint density at radius 3 is 2.38 bits per heavy atom. The van der Waals surface area contributed by atoms with Crippen LogP contribution in [0.5, 0.6) is 0 Å². The largest absolute Gasteiger partial charge is 0.479 e. The van der Waals surface area contributed by atoms with Crippen LogP contribution in [0.1, 0.15) is 102 Å². The van der Waals surface area contributed by atoms with Crippen molar-refractivity contribution < 1.29 is 19.4 Å². The van der Waals surface area contributed by atoms with E-state index in [0.29, 0.717) is 35.1 Å². The molecule has 1 amide bonds. The van der Waals surface area contributed by atoms with Crippen LogP contribution in [-0.2, 0) is 9.53 Å². The van der Waals surface area contributed by atoms with Crippen molar-refractivity contribution in [1.82, 2.24) is 19.9 Å². The van der Waals surface area contributed by atoms with Crippen molar-refractivity contribution in [2.24, 2.45) is 11.3 Å². The molecule has 2 heterocycles. The molecule has 34 heavy (non-hydrogen) atoms. The van der Waals surface area contributed by atoms with Crippen LogP contribution < -0.4 is 5.32 Å². The van der Waals surface area contributed by atoms with Crippen LogP contribution >= 0.6 is 0 Å². The third kappa shape index (κ3) is 7.65. The first-order valence-corrected chi connectivity index (χ1v) is 11.8. The summed E-state index contributed by atoms with van der Waals surface area (Å²) in [5.41, 5.74) is 1.63. The zero-order valence-corrected chi connectivity index (χ0v) is 22.0. The summed E-state index contributed by atoms with van der Waals surface area (Å²) in [6.07, 6.45) is 4.25. The number of ether oxygens (including phenoxy) is 1. The maximum absolute atomic E-state index is 12.8. The minimum atomic E-state index is -1.23. The monoisotopic (exact) mass is 472 g/mol. The maximum atomic E-state index is 12.8. The molecule has 0 aliphatic carbocycles. The highest BCUT2D eigenvalue weighted by Crippen LogP contribution is 2.31. The third-order valence-corrected chi connectivity index (χ3v) is 5.10. The van der Waals surface area contributed by atoms with Gasteiger partial charge in [-0.25, -0.2) is 14.3 Å². The fraction of sp³-hybridized carbons (Fsp3) is 0.615. The van der Waals surface area contributed by atoms with E-state index in [2.05, 4.69) is 50.0 Å². The smallest absolute Gasteiger partial charge is 0.337 e. The Kier molecular flexibility index (Phi) is 8.64. The van der Waals surface area contributed by atoms with Gasteiger partial charge >= 0.3 is 5.97 Å². The number of amides is 1. The molecule has 2 N–H and O–H groups in total. The van der Waals surface area contributed by atoms with Crippen LogP contribution in [0.3, 0.4) is 0 Å². The summed E-state index contributed by atoms with van der Waals surface area (Å²) in [5.74, 6) is -0.960. The van der Waals surface area contributed by atoms with E-state index in [1.807, 2.05) is 32.9 Å². The molecule has 2 rings (SSSR count). The number of carboxylic acid groups (broad SMARTS) is 1. The van der Waals surface area contributed by atoms with Gasteiger partial charge in [-0.3, -0.25) is 4.79 Å². The van der Waals surface area contributed by atoms with Crippen molar-refractivity contribution in [3.8, 4) is 0 Å². The van der Waals surface area contributed by atoms with E-state index in [0.717, 1.165) is 12.8 Å². The number of nitrogens with one attached hydrogen (secondary N) is 1. The van der Waals surface area contributed by atoms with E-state index in [1.54, 1.807) is 17.5 Å².